The van der Waals surface area contributed by atoms with Gasteiger partial charge in [-0.2, -0.15) is 4.98 Å². The molecular formula is C23H20N6O. The second kappa shape index (κ2) is 6.81. The molecule has 2 aromatic carbocycles. The number of aromatic amines is 1. The van der Waals surface area contributed by atoms with Crippen LogP contribution in [0.4, 0.5) is 5.95 Å². The van der Waals surface area contributed by atoms with E-state index in [1.165, 1.54) is 0 Å². The maximum atomic E-state index is 13.7. The SMILES string of the molecule is Cc1cccc2cc(C(C)c3nc(N)nc4nc[nH]c34)n(-c3ccccc3)c(=O)c12. The van der Waals surface area contributed by atoms with Gasteiger partial charge >= 0.3 is 0 Å². The van der Waals surface area contributed by atoms with Gasteiger partial charge in [-0.1, -0.05) is 43.3 Å². The number of nitrogens with one attached hydrogen (secondary N) is 1. The van der Waals surface area contributed by atoms with Gasteiger partial charge in [0.05, 0.1) is 17.4 Å². The van der Waals surface area contributed by atoms with Crippen LogP contribution in [0.2, 0.25) is 0 Å². The molecule has 7 nitrogen and oxygen atoms in total. The van der Waals surface area contributed by atoms with Crippen molar-refractivity contribution in [2.24, 2.45) is 0 Å². The minimum Gasteiger partial charge on any atom is -0.368 e. The average molecular weight is 396 g/mol. The number of hydrogen-bond donors (Lipinski definition) is 2. The van der Waals surface area contributed by atoms with Crippen molar-refractivity contribution in [1.82, 2.24) is 24.5 Å². The topological polar surface area (TPSA) is 102 Å². The van der Waals surface area contributed by atoms with E-state index in [9.17, 15) is 4.79 Å². The predicted octanol–water partition coefficient (Wildman–Crippen LogP) is 3.70. The van der Waals surface area contributed by atoms with E-state index >= 15 is 0 Å². The number of H-pyrrole nitrogens is 1. The fourth-order valence-electron chi connectivity index (χ4n) is 4.04. The summed E-state index contributed by atoms with van der Waals surface area (Å²) < 4.78 is 1.76. The Kier molecular flexibility index (Phi) is 4.10. The van der Waals surface area contributed by atoms with Gasteiger partial charge in [0.25, 0.3) is 5.56 Å². The molecule has 148 valence electrons. The van der Waals surface area contributed by atoms with Crippen LogP contribution in [-0.4, -0.2) is 24.5 Å². The molecule has 0 amide bonds. The molecule has 0 spiro atoms. The third-order valence-corrected chi connectivity index (χ3v) is 5.48. The Morgan fingerprint density at radius 3 is 2.67 bits per heavy atom. The number of nitrogen functional groups attached to an aromatic ring is 1. The number of imidazole rings is 1. The molecule has 0 fully saturated rings. The van der Waals surface area contributed by atoms with Gasteiger partial charge in [0.2, 0.25) is 5.95 Å². The lowest BCUT2D eigenvalue weighted by Gasteiger charge is -2.20. The zero-order chi connectivity index (χ0) is 20.8. The molecule has 0 bridgehead atoms. The highest BCUT2D eigenvalue weighted by atomic mass is 16.1. The second-order valence-electron chi connectivity index (χ2n) is 7.37. The van der Waals surface area contributed by atoms with E-state index in [4.69, 9.17) is 5.73 Å². The Bertz CT molecular complexity index is 1450. The Morgan fingerprint density at radius 1 is 1.07 bits per heavy atom. The predicted molar refractivity (Wildman–Crippen MR) is 118 cm³/mol. The van der Waals surface area contributed by atoms with Crippen LogP contribution in [0.1, 0.15) is 29.8 Å². The number of hydrogen-bond acceptors (Lipinski definition) is 5. The number of aryl methyl sites for hydroxylation is 1. The average Bonchev–Trinajstić information content (AvgIpc) is 3.21. The first kappa shape index (κ1) is 18.1. The first-order chi connectivity index (χ1) is 14.5. The van der Waals surface area contributed by atoms with Crippen molar-refractivity contribution in [3.8, 4) is 5.69 Å². The number of fused-ring (bicyclic) bond motifs is 2. The molecule has 5 aromatic rings. The normalized spacial score (nSPS) is 12.5. The van der Waals surface area contributed by atoms with Crippen molar-refractivity contribution in [3.63, 3.8) is 0 Å². The van der Waals surface area contributed by atoms with Crippen LogP contribution in [-0.2, 0) is 0 Å². The summed E-state index contributed by atoms with van der Waals surface area (Å²) in [4.78, 5) is 29.7. The van der Waals surface area contributed by atoms with Crippen LogP contribution in [0.15, 0.2) is 65.7 Å². The van der Waals surface area contributed by atoms with Gasteiger partial charge in [-0.3, -0.25) is 9.36 Å². The molecule has 0 radical (unpaired) electrons. The van der Waals surface area contributed by atoms with Crippen LogP contribution in [0, 0.1) is 6.92 Å². The number of benzene rings is 2. The van der Waals surface area contributed by atoms with E-state index in [0.29, 0.717) is 22.2 Å². The monoisotopic (exact) mass is 396 g/mol. The number of nitrogens with zero attached hydrogens (tertiary/aromatic N) is 4. The minimum atomic E-state index is -0.240. The molecule has 5 rings (SSSR count). The Hall–Kier alpha value is -4.00. The minimum absolute atomic E-state index is 0.0541. The van der Waals surface area contributed by atoms with E-state index in [2.05, 4.69) is 26.0 Å². The summed E-state index contributed by atoms with van der Waals surface area (Å²) in [6.07, 6.45) is 1.57. The van der Waals surface area contributed by atoms with Gasteiger partial charge in [0.1, 0.15) is 5.52 Å². The fraction of sp³-hybridized carbons (Fsp3) is 0.130. The van der Waals surface area contributed by atoms with Crippen LogP contribution in [0.5, 0.6) is 0 Å². The zero-order valence-corrected chi connectivity index (χ0v) is 16.6. The van der Waals surface area contributed by atoms with Crippen LogP contribution in [0.3, 0.4) is 0 Å². The van der Waals surface area contributed by atoms with E-state index < -0.39 is 0 Å². The summed E-state index contributed by atoms with van der Waals surface area (Å²) >= 11 is 0. The lowest BCUT2D eigenvalue weighted by atomic mass is 9.97. The van der Waals surface area contributed by atoms with Gasteiger partial charge in [-0.05, 0) is 36.1 Å². The first-order valence-corrected chi connectivity index (χ1v) is 9.72. The Balaban J connectivity index is 1.86. The number of nitrogens with two attached hydrogens (primary N) is 1. The molecule has 3 aromatic heterocycles. The maximum absolute atomic E-state index is 13.7. The smallest absolute Gasteiger partial charge is 0.263 e. The maximum Gasteiger partial charge on any atom is 0.263 e. The Labute approximate surface area is 172 Å². The standard InChI is InChI=1S/C23H20N6O/c1-13-7-6-8-15-11-17(29(22(30)18(13)15)16-9-4-3-5-10-16)14(2)19-20-21(26-12-25-20)28-23(24)27-19/h3-12,14H,1-2H3,(H3,24,25,26,27,28). The largest absolute Gasteiger partial charge is 0.368 e. The molecule has 3 heterocycles. The number of para-hydroxylation sites is 1. The van der Waals surface area contributed by atoms with Crippen LogP contribution < -0.4 is 11.3 Å². The van der Waals surface area contributed by atoms with Crippen molar-refractivity contribution in [2.75, 3.05) is 5.73 Å². The number of pyridine rings is 1. The molecule has 0 aliphatic heterocycles. The van der Waals surface area contributed by atoms with Crippen molar-refractivity contribution in [3.05, 3.63) is 88.2 Å². The summed E-state index contributed by atoms with van der Waals surface area (Å²) in [5.74, 6) is -0.0854. The van der Waals surface area contributed by atoms with Crippen molar-refractivity contribution in [1.29, 1.82) is 0 Å². The number of anilines is 1. The van der Waals surface area contributed by atoms with Gasteiger partial charge in [-0.25, -0.2) is 9.97 Å². The molecule has 3 N–H and O–H groups in total. The molecular weight excluding hydrogens is 376 g/mol. The lowest BCUT2D eigenvalue weighted by Crippen LogP contribution is -2.24. The van der Waals surface area contributed by atoms with Gasteiger partial charge in [-0.15, -0.1) is 0 Å². The summed E-state index contributed by atoms with van der Waals surface area (Å²) in [6, 6.07) is 17.6. The lowest BCUT2D eigenvalue weighted by molar-refractivity contribution is 0.780. The third kappa shape index (κ3) is 2.75. The number of rotatable bonds is 3. The molecule has 0 aliphatic rings. The molecule has 0 saturated carbocycles. The molecule has 7 heteroatoms. The van der Waals surface area contributed by atoms with Crippen molar-refractivity contribution >= 4 is 27.9 Å². The van der Waals surface area contributed by atoms with E-state index in [1.54, 1.807) is 10.9 Å². The zero-order valence-electron chi connectivity index (χ0n) is 16.6. The second-order valence-corrected chi connectivity index (χ2v) is 7.37. The highest BCUT2D eigenvalue weighted by Crippen LogP contribution is 2.30. The first-order valence-electron chi connectivity index (χ1n) is 9.72. The van der Waals surface area contributed by atoms with Crippen LogP contribution >= 0.6 is 0 Å². The number of aromatic nitrogens is 5. The van der Waals surface area contributed by atoms with E-state index in [-0.39, 0.29) is 17.4 Å². The molecule has 0 saturated heterocycles. The third-order valence-electron chi connectivity index (χ3n) is 5.48. The highest BCUT2D eigenvalue weighted by molar-refractivity contribution is 5.86. The van der Waals surface area contributed by atoms with E-state index in [1.807, 2.05) is 62.4 Å². The fourth-order valence-corrected chi connectivity index (χ4v) is 4.04. The molecule has 1 unspecified atom stereocenters. The summed E-state index contributed by atoms with van der Waals surface area (Å²) in [5, 5.41) is 1.61. The quantitative estimate of drug-likeness (QED) is 0.484. The van der Waals surface area contributed by atoms with Gasteiger partial charge in [0.15, 0.2) is 5.65 Å². The summed E-state index contributed by atoms with van der Waals surface area (Å²) in [5.41, 5.74) is 10.4. The van der Waals surface area contributed by atoms with E-state index in [0.717, 1.165) is 22.3 Å². The van der Waals surface area contributed by atoms with Crippen LogP contribution in [0.25, 0.3) is 27.6 Å². The van der Waals surface area contributed by atoms with Crippen molar-refractivity contribution in [2.45, 2.75) is 19.8 Å². The van der Waals surface area contributed by atoms with Gasteiger partial charge < -0.3 is 10.7 Å². The molecule has 1 atom stereocenters. The summed E-state index contributed by atoms with van der Waals surface area (Å²) in [7, 11) is 0. The summed E-state index contributed by atoms with van der Waals surface area (Å²) in [6.45, 7) is 3.97. The molecule has 0 aliphatic carbocycles. The Morgan fingerprint density at radius 2 is 1.87 bits per heavy atom. The van der Waals surface area contributed by atoms with Crippen molar-refractivity contribution < 1.29 is 0 Å². The molecule has 30 heavy (non-hydrogen) atoms. The highest BCUT2D eigenvalue weighted by Gasteiger charge is 2.22. The van der Waals surface area contributed by atoms with Gasteiger partial charge in [0, 0.05) is 17.3 Å².